The third-order valence-electron chi connectivity index (χ3n) is 2.33. The summed E-state index contributed by atoms with van der Waals surface area (Å²) in [6, 6.07) is 7.57. The number of rotatable bonds is 3. The van der Waals surface area contributed by atoms with Gasteiger partial charge in [-0.15, -0.1) is 5.10 Å². The van der Waals surface area contributed by atoms with Gasteiger partial charge in [0.1, 0.15) is 0 Å². The number of nitrogens with zero attached hydrogens (tertiary/aromatic N) is 4. The fourth-order valence-electron chi connectivity index (χ4n) is 1.41. The maximum atomic E-state index is 5.83. The first-order valence-corrected chi connectivity index (χ1v) is 5.56. The largest absolute Gasteiger partial charge is 0.368 e. The van der Waals surface area contributed by atoms with Crippen LogP contribution in [0.5, 0.6) is 0 Å². The Morgan fingerprint density at radius 1 is 1.29 bits per heavy atom. The van der Waals surface area contributed by atoms with Crippen molar-refractivity contribution in [3.63, 3.8) is 0 Å². The van der Waals surface area contributed by atoms with Crippen LogP contribution in [0.25, 0.3) is 0 Å². The summed E-state index contributed by atoms with van der Waals surface area (Å²) in [6.45, 7) is 0.587. The third-order valence-corrected chi connectivity index (χ3v) is 2.59. The number of anilines is 2. The molecule has 2 rings (SSSR count). The van der Waals surface area contributed by atoms with Crippen LogP contribution in [0.4, 0.5) is 11.9 Å². The van der Waals surface area contributed by atoms with E-state index < -0.39 is 0 Å². The predicted molar refractivity (Wildman–Crippen MR) is 69.3 cm³/mol. The van der Waals surface area contributed by atoms with Crippen molar-refractivity contribution < 1.29 is 0 Å². The highest BCUT2D eigenvalue weighted by Crippen LogP contribution is 2.13. The first-order valence-electron chi connectivity index (χ1n) is 5.18. The Hall–Kier alpha value is -1.75. The van der Waals surface area contributed by atoms with Crippen LogP contribution in [0.1, 0.15) is 5.56 Å². The Balaban J connectivity index is 2.21. The van der Waals surface area contributed by atoms with E-state index in [0.29, 0.717) is 23.5 Å². The van der Waals surface area contributed by atoms with Gasteiger partial charge in [0, 0.05) is 19.1 Å². The highest BCUT2D eigenvalue weighted by Gasteiger charge is 2.08. The van der Waals surface area contributed by atoms with Crippen LogP contribution < -0.4 is 10.6 Å². The molecular weight excluding hydrogens is 238 g/mol. The van der Waals surface area contributed by atoms with E-state index in [0.717, 1.165) is 5.56 Å². The molecule has 1 aromatic carbocycles. The molecule has 0 saturated carbocycles. The van der Waals surface area contributed by atoms with Gasteiger partial charge in [-0.05, 0) is 17.7 Å². The lowest BCUT2D eigenvalue weighted by atomic mass is 10.2. The van der Waals surface area contributed by atoms with Gasteiger partial charge in [0.15, 0.2) is 0 Å². The maximum Gasteiger partial charge on any atom is 0.246 e. The number of hydrogen-bond donors (Lipinski definition) is 1. The minimum Gasteiger partial charge on any atom is -0.368 e. The summed E-state index contributed by atoms with van der Waals surface area (Å²) in [6.07, 6.45) is 0. The third kappa shape index (κ3) is 2.68. The fourth-order valence-corrected chi connectivity index (χ4v) is 1.54. The number of halogens is 1. The van der Waals surface area contributed by atoms with Crippen molar-refractivity contribution in [3.05, 3.63) is 34.9 Å². The summed E-state index contributed by atoms with van der Waals surface area (Å²) in [4.78, 5) is 5.97. The SMILES string of the molecule is CN(C)c1nc(N)n(Cc2ccc(Cl)cc2)n1. The topological polar surface area (TPSA) is 60.0 Å². The molecule has 17 heavy (non-hydrogen) atoms. The zero-order valence-corrected chi connectivity index (χ0v) is 10.5. The Bertz CT molecular complexity index is 503. The van der Waals surface area contributed by atoms with E-state index >= 15 is 0 Å². The van der Waals surface area contributed by atoms with Gasteiger partial charge in [0.05, 0.1) is 6.54 Å². The molecule has 0 radical (unpaired) electrons. The van der Waals surface area contributed by atoms with Gasteiger partial charge < -0.3 is 10.6 Å². The van der Waals surface area contributed by atoms with Crippen LogP contribution in [0.3, 0.4) is 0 Å². The lowest BCUT2D eigenvalue weighted by Gasteiger charge is -2.05. The number of benzene rings is 1. The zero-order chi connectivity index (χ0) is 12.4. The molecule has 0 amide bonds. The molecule has 5 nitrogen and oxygen atoms in total. The Morgan fingerprint density at radius 2 is 1.94 bits per heavy atom. The zero-order valence-electron chi connectivity index (χ0n) is 9.76. The summed E-state index contributed by atoms with van der Waals surface area (Å²) in [5.74, 6) is 1.01. The second-order valence-corrected chi connectivity index (χ2v) is 4.38. The van der Waals surface area contributed by atoms with Crippen LogP contribution in [0.15, 0.2) is 24.3 Å². The summed E-state index contributed by atoms with van der Waals surface area (Å²) in [5, 5.41) is 5.02. The normalized spacial score (nSPS) is 10.5. The lowest BCUT2D eigenvalue weighted by molar-refractivity contribution is 0.694. The van der Waals surface area contributed by atoms with E-state index in [9.17, 15) is 0 Å². The van der Waals surface area contributed by atoms with Crippen molar-refractivity contribution in [1.82, 2.24) is 14.8 Å². The fraction of sp³-hybridized carbons (Fsp3) is 0.273. The van der Waals surface area contributed by atoms with E-state index in [1.54, 1.807) is 4.68 Å². The lowest BCUT2D eigenvalue weighted by Crippen LogP contribution is -2.11. The molecule has 2 aromatic rings. The molecule has 0 spiro atoms. The Labute approximate surface area is 105 Å². The molecule has 1 heterocycles. The molecule has 0 fully saturated rings. The van der Waals surface area contributed by atoms with E-state index in [-0.39, 0.29) is 0 Å². The molecule has 2 N–H and O–H groups in total. The minimum atomic E-state index is 0.406. The minimum absolute atomic E-state index is 0.406. The molecule has 0 aliphatic rings. The van der Waals surface area contributed by atoms with Gasteiger partial charge in [-0.25, -0.2) is 4.68 Å². The average Bonchev–Trinajstić information content (AvgIpc) is 2.64. The molecule has 1 aromatic heterocycles. The van der Waals surface area contributed by atoms with E-state index in [2.05, 4.69) is 10.1 Å². The summed E-state index contributed by atoms with van der Waals surface area (Å²) in [5.41, 5.74) is 6.87. The van der Waals surface area contributed by atoms with Gasteiger partial charge in [-0.1, -0.05) is 23.7 Å². The van der Waals surface area contributed by atoms with E-state index in [4.69, 9.17) is 17.3 Å². The summed E-state index contributed by atoms with van der Waals surface area (Å²) < 4.78 is 1.67. The molecule has 90 valence electrons. The quantitative estimate of drug-likeness (QED) is 0.901. The van der Waals surface area contributed by atoms with Crippen LogP contribution in [-0.2, 0) is 6.54 Å². The van der Waals surface area contributed by atoms with Crippen LogP contribution >= 0.6 is 11.6 Å². The van der Waals surface area contributed by atoms with Crippen molar-refractivity contribution in [2.75, 3.05) is 24.7 Å². The maximum absolute atomic E-state index is 5.83. The second kappa shape index (κ2) is 4.63. The molecule has 0 aliphatic heterocycles. The molecule has 0 aliphatic carbocycles. The Kier molecular flexibility index (Phi) is 3.19. The van der Waals surface area contributed by atoms with Crippen molar-refractivity contribution >= 4 is 23.5 Å². The van der Waals surface area contributed by atoms with Crippen molar-refractivity contribution in [2.45, 2.75) is 6.54 Å². The second-order valence-electron chi connectivity index (χ2n) is 3.95. The van der Waals surface area contributed by atoms with Crippen molar-refractivity contribution in [3.8, 4) is 0 Å². The first kappa shape index (κ1) is 11.7. The van der Waals surface area contributed by atoms with Gasteiger partial charge in [-0.2, -0.15) is 4.98 Å². The molecular formula is C11H14ClN5. The average molecular weight is 252 g/mol. The van der Waals surface area contributed by atoms with Crippen molar-refractivity contribution in [1.29, 1.82) is 0 Å². The smallest absolute Gasteiger partial charge is 0.246 e. The van der Waals surface area contributed by atoms with Crippen LogP contribution in [0, 0.1) is 0 Å². The predicted octanol–water partition coefficient (Wildman–Crippen LogP) is 1.63. The monoisotopic (exact) mass is 251 g/mol. The number of nitrogen functional groups attached to an aromatic ring is 1. The number of nitrogens with two attached hydrogens (primary N) is 1. The van der Waals surface area contributed by atoms with Crippen LogP contribution in [0.2, 0.25) is 5.02 Å². The number of aromatic nitrogens is 3. The Morgan fingerprint density at radius 3 is 2.47 bits per heavy atom. The number of hydrogen-bond acceptors (Lipinski definition) is 4. The molecule has 6 heteroatoms. The summed E-state index contributed by atoms with van der Waals surface area (Å²) >= 11 is 5.83. The van der Waals surface area contributed by atoms with Gasteiger partial charge >= 0.3 is 0 Å². The highest BCUT2D eigenvalue weighted by molar-refractivity contribution is 6.30. The molecule has 0 bridgehead atoms. The van der Waals surface area contributed by atoms with Gasteiger partial charge in [0.2, 0.25) is 11.9 Å². The van der Waals surface area contributed by atoms with Gasteiger partial charge in [-0.3, -0.25) is 0 Å². The first-order chi connectivity index (χ1) is 8.06. The van der Waals surface area contributed by atoms with Gasteiger partial charge in [0.25, 0.3) is 0 Å². The highest BCUT2D eigenvalue weighted by atomic mass is 35.5. The summed E-state index contributed by atoms with van der Waals surface area (Å²) in [7, 11) is 3.75. The van der Waals surface area contributed by atoms with E-state index in [1.165, 1.54) is 0 Å². The van der Waals surface area contributed by atoms with Crippen LogP contribution in [-0.4, -0.2) is 28.9 Å². The molecule has 0 unspecified atom stereocenters. The van der Waals surface area contributed by atoms with Crippen molar-refractivity contribution in [2.24, 2.45) is 0 Å². The standard InChI is InChI=1S/C11H14ClN5/c1-16(2)11-14-10(13)17(15-11)7-8-3-5-9(12)6-4-8/h3-6H,7H2,1-2H3,(H2,13,14,15). The van der Waals surface area contributed by atoms with E-state index in [1.807, 2.05) is 43.3 Å². The molecule has 0 atom stereocenters. The molecule has 0 saturated heterocycles.